The highest BCUT2D eigenvalue weighted by Crippen LogP contribution is 2.23. The Hall–Kier alpha value is -3.42. The summed E-state index contributed by atoms with van der Waals surface area (Å²) in [5.74, 6) is 1.62. The smallest absolute Gasteiger partial charge is 0.243 e. The molecule has 0 unspecified atom stereocenters. The second-order valence-electron chi connectivity index (χ2n) is 6.18. The van der Waals surface area contributed by atoms with Crippen LogP contribution < -0.4 is 15.0 Å². The van der Waals surface area contributed by atoms with E-state index in [-0.39, 0.29) is 5.91 Å². The molecule has 0 spiro atoms. The predicted molar refractivity (Wildman–Crippen MR) is 109 cm³/mol. The van der Waals surface area contributed by atoms with Gasteiger partial charge in [-0.05, 0) is 25.0 Å². The molecule has 0 aliphatic carbocycles. The van der Waals surface area contributed by atoms with Crippen molar-refractivity contribution in [1.82, 2.24) is 25.3 Å². The number of ether oxygens (including phenoxy) is 1. The van der Waals surface area contributed by atoms with Crippen LogP contribution in [-0.4, -0.2) is 53.1 Å². The molecule has 1 aliphatic rings. The van der Waals surface area contributed by atoms with Gasteiger partial charge in [0.05, 0.1) is 13.4 Å². The molecule has 0 atom stereocenters. The largest absolute Gasteiger partial charge is 0.496 e. The van der Waals surface area contributed by atoms with E-state index in [9.17, 15) is 4.79 Å². The number of anilines is 1. The van der Waals surface area contributed by atoms with Crippen molar-refractivity contribution in [2.75, 3.05) is 32.1 Å². The topological polar surface area (TPSA) is 96.0 Å². The molecule has 3 aromatic rings. The number of methoxy groups -OCH3 is 1. The number of hydrogen-bond donors (Lipinski definition) is 2. The highest BCUT2D eigenvalue weighted by Gasteiger charge is 2.17. The first-order valence-electron chi connectivity index (χ1n) is 9.14. The number of para-hydroxylation sites is 1. The number of carbonyl (C=O) groups is 1. The fourth-order valence-corrected chi connectivity index (χ4v) is 2.97. The molecule has 1 aromatic carbocycles. The number of likely N-dealkylation sites (N-methyl/N-ethyl adjacent to an activating group) is 1. The van der Waals surface area contributed by atoms with Crippen molar-refractivity contribution in [2.24, 2.45) is 0 Å². The number of nitrogens with one attached hydrogen (secondary N) is 2. The van der Waals surface area contributed by atoms with Crippen molar-refractivity contribution in [2.45, 2.75) is 12.8 Å². The number of aromatic amines is 1. The Balaban J connectivity index is 0.000000161. The number of imidazole rings is 1. The van der Waals surface area contributed by atoms with Crippen LogP contribution in [0.2, 0.25) is 0 Å². The molecule has 2 N–H and O–H groups in total. The van der Waals surface area contributed by atoms with Crippen LogP contribution in [0.4, 0.5) is 5.82 Å². The van der Waals surface area contributed by atoms with Gasteiger partial charge in [-0.25, -0.2) is 15.0 Å². The summed E-state index contributed by atoms with van der Waals surface area (Å²) in [6.07, 6.45) is 8.94. The fourth-order valence-electron chi connectivity index (χ4n) is 2.97. The first-order valence-corrected chi connectivity index (χ1v) is 9.14. The van der Waals surface area contributed by atoms with Gasteiger partial charge in [0.25, 0.3) is 0 Å². The average molecular weight is 380 g/mol. The Morgan fingerprint density at radius 3 is 2.75 bits per heavy atom. The zero-order valence-electron chi connectivity index (χ0n) is 16.1. The number of H-pyrrole nitrogens is 1. The molecular weight excluding hydrogens is 356 g/mol. The van der Waals surface area contributed by atoms with Gasteiger partial charge in [0.15, 0.2) is 11.5 Å². The van der Waals surface area contributed by atoms with Crippen molar-refractivity contribution in [1.29, 1.82) is 0 Å². The minimum atomic E-state index is -0.129. The van der Waals surface area contributed by atoms with Crippen LogP contribution in [0.15, 0.2) is 43.0 Å². The first kappa shape index (κ1) is 19.3. The van der Waals surface area contributed by atoms with E-state index in [0.717, 1.165) is 41.4 Å². The van der Waals surface area contributed by atoms with Crippen LogP contribution in [0.1, 0.15) is 18.4 Å². The van der Waals surface area contributed by atoms with E-state index >= 15 is 0 Å². The maximum atomic E-state index is 10.9. The molecule has 28 heavy (non-hydrogen) atoms. The lowest BCUT2D eigenvalue weighted by Crippen LogP contribution is -2.19. The number of hydrogen-bond acceptors (Lipinski definition) is 6. The Morgan fingerprint density at radius 2 is 2.00 bits per heavy atom. The van der Waals surface area contributed by atoms with Crippen LogP contribution >= 0.6 is 0 Å². The summed E-state index contributed by atoms with van der Waals surface area (Å²) < 4.78 is 5.13. The highest BCUT2D eigenvalue weighted by molar-refractivity contribution is 5.91. The third-order valence-electron chi connectivity index (χ3n) is 4.41. The minimum Gasteiger partial charge on any atom is -0.496 e. The van der Waals surface area contributed by atoms with E-state index in [4.69, 9.17) is 4.74 Å². The summed E-state index contributed by atoms with van der Waals surface area (Å²) >= 11 is 0. The maximum absolute atomic E-state index is 10.9. The van der Waals surface area contributed by atoms with Crippen LogP contribution in [-0.2, 0) is 4.79 Å². The summed E-state index contributed by atoms with van der Waals surface area (Å²) in [7, 11) is 3.20. The lowest BCUT2D eigenvalue weighted by Gasteiger charge is -2.15. The van der Waals surface area contributed by atoms with Crippen LogP contribution in [0.25, 0.3) is 17.2 Å². The van der Waals surface area contributed by atoms with Crippen LogP contribution in [0.3, 0.4) is 0 Å². The van der Waals surface area contributed by atoms with Gasteiger partial charge in [-0.15, -0.1) is 0 Å². The van der Waals surface area contributed by atoms with Gasteiger partial charge in [0.1, 0.15) is 17.6 Å². The number of benzene rings is 1. The van der Waals surface area contributed by atoms with Crippen molar-refractivity contribution in [3.8, 4) is 5.75 Å². The first-order chi connectivity index (χ1) is 13.7. The van der Waals surface area contributed by atoms with Crippen LogP contribution in [0, 0.1) is 0 Å². The Kier molecular flexibility index (Phi) is 6.56. The zero-order valence-corrected chi connectivity index (χ0v) is 16.1. The number of carbonyl (C=O) groups excluding carboxylic acids is 1. The summed E-state index contributed by atoms with van der Waals surface area (Å²) in [5.41, 5.74) is 2.59. The molecule has 1 saturated heterocycles. The van der Waals surface area contributed by atoms with E-state index in [2.05, 4.69) is 30.2 Å². The number of amides is 1. The molecule has 2 aromatic heterocycles. The third-order valence-corrected chi connectivity index (χ3v) is 4.41. The third kappa shape index (κ3) is 4.64. The van der Waals surface area contributed by atoms with Gasteiger partial charge in [-0.1, -0.05) is 18.2 Å². The van der Waals surface area contributed by atoms with Crippen LogP contribution in [0.5, 0.6) is 5.75 Å². The van der Waals surface area contributed by atoms with E-state index in [0.29, 0.717) is 0 Å². The van der Waals surface area contributed by atoms with Gasteiger partial charge in [0.2, 0.25) is 5.91 Å². The van der Waals surface area contributed by atoms with Crippen molar-refractivity contribution >= 4 is 29.0 Å². The summed E-state index contributed by atoms with van der Waals surface area (Å²) in [6.45, 7) is 2.18. The zero-order chi connectivity index (χ0) is 19.8. The molecule has 0 radical (unpaired) electrons. The van der Waals surface area contributed by atoms with Gasteiger partial charge in [-0.3, -0.25) is 4.79 Å². The Bertz CT molecular complexity index is 947. The van der Waals surface area contributed by atoms with Crippen molar-refractivity contribution < 1.29 is 9.53 Å². The SMILES string of the molecule is CNC(=O)/C=C/c1ccccc1OC.c1nc(N2CCCC2)c2[nH]cnc2n1. The molecule has 0 bridgehead atoms. The quantitative estimate of drug-likeness (QED) is 0.675. The lowest BCUT2D eigenvalue weighted by molar-refractivity contribution is -0.115. The molecule has 8 nitrogen and oxygen atoms in total. The highest BCUT2D eigenvalue weighted by atomic mass is 16.5. The maximum Gasteiger partial charge on any atom is 0.243 e. The molecule has 8 heteroatoms. The summed E-state index contributed by atoms with van der Waals surface area (Å²) in [5, 5.41) is 2.51. The predicted octanol–water partition coefficient (Wildman–Crippen LogP) is 2.41. The second kappa shape index (κ2) is 9.50. The Labute approximate surface area is 163 Å². The average Bonchev–Trinajstić information content (AvgIpc) is 3.44. The molecule has 1 amide bonds. The van der Waals surface area contributed by atoms with E-state index < -0.39 is 0 Å². The van der Waals surface area contributed by atoms with Gasteiger partial charge >= 0.3 is 0 Å². The summed E-state index contributed by atoms with van der Waals surface area (Å²) in [6, 6.07) is 7.52. The number of fused-ring (bicyclic) bond motifs is 1. The minimum absolute atomic E-state index is 0.129. The molecule has 146 valence electrons. The molecule has 1 fully saturated rings. The molecule has 1 aliphatic heterocycles. The molecule has 4 rings (SSSR count). The number of aromatic nitrogens is 4. The standard InChI is InChI=1S/C11H13NO2.C9H11N5/c1-12-11(13)8-7-9-5-3-4-6-10(9)14-2;1-2-4-14(3-1)9-7-8(11-5-10-7)12-6-13-9/h3-8H,1-2H3,(H,12,13);5-6H,1-4H2,(H,10,11,12,13)/b8-7+;. The van der Waals surface area contributed by atoms with Gasteiger partial charge < -0.3 is 19.9 Å². The molecule has 0 saturated carbocycles. The van der Waals surface area contributed by atoms with Crippen molar-refractivity contribution in [3.05, 3.63) is 48.6 Å². The lowest BCUT2D eigenvalue weighted by atomic mass is 10.2. The van der Waals surface area contributed by atoms with E-state index in [1.807, 2.05) is 24.3 Å². The molecule has 3 heterocycles. The monoisotopic (exact) mass is 380 g/mol. The Morgan fingerprint density at radius 1 is 1.21 bits per heavy atom. The summed E-state index contributed by atoms with van der Waals surface area (Å²) in [4.78, 5) is 28.8. The number of nitrogens with zero attached hydrogens (tertiary/aromatic N) is 4. The normalized spacial score (nSPS) is 13.4. The molecular formula is C20H24N6O2. The van der Waals surface area contributed by atoms with E-state index in [1.54, 1.807) is 32.9 Å². The second-order valence-corrected chi connectivity index (χ2v) is 6.18. The van der Waals surface area contributed by atoms with E-state index in [1.165, 1.54) is 18.9 Å². The fraction of sp³-hybridized carbons (Fsp3) is 0.300. The number of rotatable bonds is 4. The van der Waals surface area contributed by atoms with Gasteiger partial charge in [0, 0.05) is 31.8 Å². The van der Waals surface area contributed by atoms with Crippen molar-refractivity contribution in [3.63, 3.8) is 0 Å². The van der Waals surface area contributed by atoms with Gasteiger partial charge in [-0.2, -0.15) is 0 Å².